The van der Waals surface area contributed by atoms with Crippen LogP contribution in [0.5, 0.6) is 5.75 Å². The summed E-state index contributed by atoms with van der Waals surface area (Å²) in [5.74, 6) is 3.75. The van der Waals surface area contributed by atoms with Crippen LogP contribution < -0.4 is 4.74 Å². The molecule has 1 aromatic carbocycles. The number of benzene rings is 1. The van der Waals surface area contributed by atoms with Crippen LogP contribution >= 0.6 is 15.9 Å². The van der Waals surface area contributed by atoms with Gasteiger partial charge in [-0.15, -0.1) is 0 Å². The first-order valence-corrected chi connectivity index (χ1v) is 10.0. The number of carbonyl (C=O) groups excluding carboxylic acids is 1. The molecule has 2 aliphatic carbocycles. The van der Waals surface area contributed by atoms with Gasteiger partial charge in [0.1, 0.15) is 5.75 Å². The lowest BCUT2D eigenvalue weighted by molar-refractivity contribution is -0.134. The second kappa shape index (κ2) is 6.70. The Bertz CT molecular complexity index is 618. The topological polar surface area (TPSA) is 29.5 Å². The van der Waals surface area contributed by atoms with Crippen LogP contribution in [0.15, 0.2) is 22.7 Å². The van der Waals surface area contributed by atoms with E-state index in [0.29, 0.717) is 18.4 Å². The third-order valence-corrected chi connectivity index (χ3v) is 6.89. The molecule has 4 bridgehead atoms. The van der Waals surface area contributed by atoms with E-state index < -0.39 is 0 Å². The summed E-state index contributed by atoms with van der Waals surface area (Å²) in [5, 5.41) is 0. The first-order chi connectivity index (χ1) is 11.6. The molecule has 5 rings (SSSR count). The molecular formula is C20H26BrNO2. The number of fused-ring (bicyclic) bond motifs is 1. The maximum absolute atomic E-state index is 12.9. The molecule has 2 unspecified atom stereocenters. The van der Waals surface area contributed by atoms with E-state index in [1.165, 1.54) is 37.7 Å². The Labute approximate surface area is 152 Å². The van der Waals surface area contributed by atoms with E-state index in [-0.39, 0.29) is 0 Å². The highest BCUT2D eigenvalue weighted by atomic mass is 79.9. The molecule has 0 aromatic heterocycles. The Morgan fingerprint density at radius 2 is 1.88 bits per heavy atom. The van der Waals surface area contributed by atoms with Gasteiger partial charge in [-0.1, -0.05) is 6.07 Å². The number of methoxy groups -OCH3 is 1. The number of carbonyl (C=O) groups is 1. The van der Waals surface area contributed by atoms with E-state index in [0.717, 1.165) is 40.9 Å². The van der Waals surface area contributed by atoms with Crippen LogP contribution in [0.25, 0.3) is 0 Å². The monoisotopic (exact) mass is 391 g/mol. The number of rotatable bonds is 4. The van der Waals surface area contributed by atoms with E-state index in [1.807, 2.05) is 6.07 Å². The average Bonchev–Trinajstić information content (AvgIpc) is 2.76. The van der Waals surface area contributed by atoms with Crippen molar-refractivity contribution >= 4 is 21.8 Å². The van der Waals surface area contributed by atoms with Gasteiger partial charge in [-0.05, 0) is 89.9 Å². The fourth-order valence-corrected chi connectivity index (χ4v) is 5.94. The molecule has 0 N–H and O–H groups in total. The third kappa shape index (κ3) is 3.22. The number of hydrogen-bond donors (Lipinski definition) is 0. The zero-order chi connectivity index (χ0) is 16.7. The van der Waals surface area contributed by atoms with Crippen LogP contribution in [0.4, 0.5) is 0 Å². The molecule has 0 spiro atoms. The molecular weight excluding hydrogens is 366 g/mol. The van der Waals surface area contributed by atoms with E-state index in [9.17, 15) is 4.79 Å². The van der Waals surface area contributed by atoms with Gasteiger partial charge in [0, 0.05) is 19.0 Å². The minimum atomic E-state index is 0.361. The quantitative estimate of drug-likeness (QED) is 0.759. The number of amides is 1. The van der Waals surface area contributed by atoms with Crippen molar-refractivity contribution < 1.29 is 9.53 Å². The van der Waals surface area contributed by atoms with Crippen LogP contribution in [0.1, 0.15) is 44.1 Å². The van der Waals surface area contributed by atoms with Gasteiger partial charge in [0.15, 0.2) is 0 Å². The SMILES string of the molecule is COc1ccc(CCC(=O)N2CC3CC4CC(C3)CC2C4)cc1Br. The predicted octanol–water partition coefficient (Wildman–Crippen LogP) is 4.43. The van der Waals surface area contributed by atoms with E-state index in [1.54, 1.807) is 7.11 Å². The highest BCUT2D eigenvalue weighted by Crippen LogP contribution is 2.47. The summed E-state index contributed by atoms with van der Waals surface area (Å²) in [7, 11) is 1.67. The van der Waals surface area contributed by atoms with Crippen LogP contribution in [0.3, 0.4) is 0 Å². The first kappa shape index (κ1) is 16.4. The Morgan fingerprint density at radius 1 is 1.17 bits per heavy atom. The van der Waals surface area contributed by atoms with Gasteiger partial charge in [0.2, 0.25) is 5.91 Å². The lowest BCUT2D eigenvalue weighted by atomic mass is 9.68. The maximum Gasteiger partial charge on any atom is 0.223 e. The zero-order valence-electron chi connectivity index (χ0n) is 14.3. The molecule has 130 valence electrons. The fraction of sp³-hybridized carbons (Fsp3) is 0.650. The van der Waals surface area contributed by atoms with E-state index in [4.69, 9.17) is 4.74 Å². The Hall–Kier alpha value is -1.03. The molecule has 2 aliphatic heterocycles. The summed E-state index contributed by atoms with van der Waals surface area (Å²) in [5.41, 5.74) is 1.19. The lowest BCUT2D eigenvalue weighted by Crippen LogP contribution is -2.42. The number of nitrogens with zero attached hydrogens (tertiary/aromatic N) is 1. The molecule has 4 aliphatic rings. The molecule has 4 heteroatoms. The summed E-state index contributed by atoms with van der Waals surface area (Å²) in [4.78, 5) is 15.1. The van der Waals surface area contributed by atoms with Crippen molar-refractivity contribution in [3.8, 4) is 5.75 Å². The van der Waals surface area contributed by atoms with Crippen molar-refractivity contribution in [2.75, 3.05) is 13.7 Å². The fourth-order valence-electron chi connectivity index (χ4n) is 5.35. The van der Waals surface area contributed by atoms with Gasteiger partial charge in [-0.2, -0.15) is 0 Å². The van der Waals surface area contributed by atoms with Crippen LogP contribution in [0.2, 0.25) is 0 Å². The summed E-state index contributed by atoms with van der Waals surface area (Å²) < 4.78 is 6.23. The Balaban J connectivity index is 1.40. The van der Waals surface area contributed by atoms with Gasteiger partial charge in [0.05, 0.1) is 11.6 Å². The Kier molecular flexibility index (Phi) is 4.59. The van der Waals surface area contributed by atoms with Crippen LogP contribution in [-0.4, -0.2) is 30.5 Å². The van der Waals surface area contributed by atoms with Crippen molar-refractivity contribution in [2.45, 2.75) is 51.0 Å². The first-order valence-electron chi connectivity index (χ1n) is 9.24. The second-order valence-electron chi connectivity index (χ2n) is 7.95. The highest BCUT2D eigenvalue weighted by molar-refractivity contribution is 9.10. The van der Waals surface area contributed by atoms with Gasteiger partial charge in [-0.3, -0.25) is 4.79 Å². The van der Waals surface area contributed by atoms with Crippen LogP contribution in [-0.2, 0) is 11.2 Å². The third-order valence-electron chi connectivity index (χ3n) is 6.27. The van der Waals surface area contributed by atoms with Gasteiger partial charge in [0.25, 0.3) is 0 Å². The number of ether oxygens (including phenoxy) is 1. The van der Waals surface area contributed by atoms with E-state index >= 15 is 0 Å². The minimum absolute atomic E-state index is 0.361. The van der Waals surface area contributed by atoms with Gasteiger partial charge >= 0.3 is 0 Å². The lowest BCUT2D eigenvalue weighted by Gasteiger charge is -2.39. The number of aryl methyl sites for hydroxylation is 1. The number of halogens is 1. The molecule has 1 amide bonds. The zero-order valence-corrected chi connectivity index (χ0v) is 15.9. The molecule has 4 fully saturated rings. The molecule has 1 aromatic rings. The predicted molar refractivity (Wildman–Crippen MR) is 98.1 cm³/mol. The van der Waals surface area contributed by atoms with Crippen molar-refractivity contribution in [2.24, 2.45) is 17.8 Å². The smallest absolute Gasteiger partial charge is 0.223 e. The van der Waals surface area contributed by atoms with E-state index in [2.05, 4.69) is 33.0 Å². The van der Waals surface area contributed by atoms with Crippen molar-refractivity contribution in [1.29, 1.82) is 0 Å². The largest absolute Gasteiger partial charge is 0.496 e. The molecule has 2 atom stereocenters. The maximum atomic E-state index is 12.9. The van der Waals surface area contributed by atoms with Gasteiger partial charge < -0.3 is 9.64 Å². The van der Waals surface area contributed by atoms with Crippen molar-refractivity contribution in [3.63, 3.8) is 0 Å². The standard InChI is InChI=1S/C20H26BrNO2/c1-24-19-4-2-13(11-18(19)21)3-5-20(23)22-12-16-7-14-6-15(8-16)10-17(22)9-14/h2,4,11,14-17H,3,5-10,12H2,1H3. The summed E-state index contributed by atoms with van der Waals surface area (Å²) in [6, 6.07) is 6.63. The molecule has 2 saturated carbocycles. The summed E-state index contributed by atoms with van der Waals surface area (Å²) in [6.45, 7) is 1.02. The molecule has 3 nitrogen and oxygen atoms in total. The molecule has 24 heavy (non-hydrogen) atoms. The Morgan fingerprint density at radius 3 is 2.54 bits per heavy atom. The molecule has 0 radical (unpaired) electrons. The summed E-state index contributed by atoms with van der Waals surface area (Å²) in [6.07, 6.45) is 8.10. The average molecular weight is 392 g/mol. The van der Waals surface area contributed by atoms with Crippen LogP contribution in [0, 0.1) is 17.8 Å². The summed E-state index contributed by atoms with van der Waals surface area (Å²) >= 11 is 3.53. The van der Waals surface area contributed by atoms with Crippen molar-refractivity contribution in [3.05, 3.63) is 28.2 Å². The molecule has 2 saturated heterocycles. The van der Waals surface area contributed by atoms with Gasteiger partial charge in [-0.25, -0.2) is 0 Å². The highest BCUT2D eigenvalue weighted by Gasteiger charge is 2.43. The minimum Gasteiger partial charge on any atom is -0.496 e. The number of hydrogen-bond acceptors (Lipinski definition) is 2. The normalized spacial score (nSPS) is 31.2. The second-order valence-corrected chi connectivity index (χ2v) is 8.80. The van der Waals surface area contributed by atoms with Crippen molar-refractivity contribution in [1.82, 2.24) is 4.90 Å². The molecule has 2 heterocycles.